The molecule has 0 aromatic rings. The molecule has 1 heterocycles. The Balaban J connectivity index is 1.86. The molecular weight excluding hydrogens is 136 g/mol. The predicted octanol–water partition coefficient (Wildman–Crippen LogP) is 0.816. The van der Waals surface area contributed by atoms with Crippen molar-refractivity contribution in [3.63, 3.8) is 0 Å². The van der Waals surface area contributed by atoms with Crippen LogP contribution in [0.5, 0.6) is 0 Å². The Kier molecular flexibility index (Phi) is 1.69. The van der Waals surface area contributed by atoms with Gasteiger partial charge in [0.25, 0.3) is 0 Å². The van der Waals surface area contributed by atoms with Crippen LogP contribution in [0.4, 0.5) is 0 Å². The molecule has 1 aliphatic carbocycles. The highest BCUT2D eigenvalue weighted by atomic mass is 15.3. The maximum Gasteiger partial charge on any atom is 0.0153 e. The van der Waals surface area contributed by atoms with Crippen LogP contribution in [0.15, 0.2) is 0 Å². The van der Waals surface area contributed by atoms with Gasteiger partial charge in [0.05, 0.1) is 0 Å². The van der Waals surface area contributed by atoms with Gasteiger partial charge in [-0.15, -0.1) is 0 Å². The highest BCUT2D eigenvalue weighted by molar-refractivity contribution is 5.06. The summed E-state index contributed by atoms with van der Waals surface area (Å²) in [6, 6.07) is 2.12. The summed E-state index contributed by atoms with van der Waals surface area (Å²) >= 11 is 0. The van der Waals surface area contributed by atoms with Crippen molar-refractivity contribution in [2.24, 2.45) is 11.7 Å². The molecule has 1 saturated carbocycles. The second kappa shape index (κ2) is 2.46. The van der Waals surface area contributed by atoms with Crippen molar-refractivity contribution in [3.05, 3.63) is 0 Å². The van der Waals surface area contributed by atoms with Crippen LogP contribution in [0.3, 0.4) is 0 Å². The van der Waals surface area contributed by atoms with E-state index in [4.69, 9.17) is 5.73 Å². The molecule has 2 fully saturated rings. The smallest absolute Gasteiger partial charge is 0.0153 e. The summed E-state index contributed by atoms with van der Waals surface area (Å²) in [6.45, 7) is 2.11. The van der Waals surface area contributed by atoms with Crippen molar-refractivity contribution < 1.29 is 0 Å². The fraction of sp³-hybridized carbons (Fsp3) is 1.00. The van der Waals surface area contributed by atoms with E-state index in [1.165, 1.54) is 19.3 Å². The zero-order chi connectivity index (χ0) is 8.01. The zero-order valence-corrected chi connectivity index (χ0v) is 7.46. The van der Waals surface area contributed by atoms with Crippen molar-refractivity contribution >= 4 is 0 Å². The molecule has 2 N–H and O–H groups in total. The standard InChI is InChI=1S/C9H18N2/c1-6(10)5-9-7-3-4-8(7)11(9)2/h6-9H,3-5,10H2,1-2H3. The van der Waals surface area contributed by atoms with Crippen molar-refractivity contribution in [1.82, 2.24) is 4.90 Å². The first kappa shape index (κ1) is 7.56. The average molecular weight is 154 g/mol. The Labute approximate surface area is 68.7 Å². The van der Waals surface area contributed by atoms with Crippen molar-refractivity contribution in [3.8, 4) is 0 Å². The maximum atomic E-state index is 5.77. The molecule has 4 atom stereocenters. The van der Waals surface area contributed by atoms with E-state index in [0.717, 1.165) is 18.0 Å². The van der Waals surface area contributed by atoms with Gasteiger partial charge in [0.2, 0.25) is 0 Å². The number of nitrogens with zero attached hydrogens (tertiary/aromatic N) is 1. The molecule has 1 saturated heterocycles. The molecule has 2 heteroatoms. The molecule has 0 amide bonds. The predicted molar refractivity (Wildman–Crippen MR) is 46.3 cm³/mol. The molecule has 2 rings (SSSR count). The molecule has 4 unspecified atom stereocenters. The van der Waals surface area contributed by atoms with Gasteiger partial charge in [0.15, 0.2) is 0 Å². The number of hydrogen-bond acceptors (Lipinski definition) is 2. The van der Waals surface area contributed by atoms with Crippen molar-refractivity contribution in [2.75, 3.05) is 7.05 Å². The summed E-state index contributed by atoms with van der Waals surface area (Å²) in [7, 11) is 2.24. The third-order valence-electron chi connectivity index (χ3n) is 3.44. The fourth-order valence-electron chi connectivity index (χ4n) is 2.63. The van der Waals surface area contributed by atoms with Gasteiger partial charge in [-0.3, -0.25) is 4.90 Å². The molecule has 11 heavy (non-hydrogen) atoms. The molecule has 0 spiro atoms. The molecule has 0 bridgehead atoms. The summed E-state index contributed by atoms with van der Waals surface area (Å²) in [4.78, 5) is 2.51. The Morgan fingerprint density at radius 2 is 2.27 bits per heavy atom. The second-order valence-corrected chi connectivity index (χ2v) is 4.25. The number of likely N-dealkylation sites (tertiary alicyclic amines) is 1. The molecule has 0 radical (unpaired) electrons. The quantitative estimate of drug-likeness (QED) is 0.638. The van der Waals surface area contributed by atoms with Gasteiger partial charge >= 0.3 is 0 Å². The van der Waals surface area contributed by atoms with Gasteiger partial charge in [-0.25, -0.2) is 0 Å². The largest absolute Gasteiger partial charge is 0.328 e. The fourth-order valence-corrected chi connectivity index (χ4v) is 2.63. The lowest BCUT2D eigenvalue weighted by atomic mass is 9.64. The first-order valence-electron chi connectivity index (χ1n) is 4.67. The molecule has 1 aliphatic heterocycles. The lowest BCUT2D eigenvalue weighted by Crippen LogP contribution is -2.67. The van der Waals surface area contributed by atoms with Crippen LogP contribution in [-0.4, -0.2) is 30.1 Å². The highest BCUT2D eigenvalue weighted by Crippen LogP contribution is 2.47. The molecule has 64 valence electrons. The maximum absolute atomic E-state index is 5.77. The van der Waals surface area contributed by atoms with Crippen LogP contribution in [0.1, 0.15) is 26.2 Å². The molecular formula is C9H18N2. The number of piperidine rings is 1. The number of nitrogens with two attached hydrogens (primary N) is 1. The first-order valence-corrected chi connectivity index (χ1v) is 4.67. The topological polar surface area (TPSA) is 29.3 Å². The minimum Gasteiger partial charge on any atom is -0.328 e. The van der Waals surface area contributed by atoms with E-state index in [1.54, 1.807) is 0 Å². The first-order chi connectivity index (χ1) is 5.20. The molecule has 2 aliphatic rings. The van der Waals surface area contributed by atoms with E-state index in [9.17, 15) is 0 Å². The third kappa shape index (κ3) is 1.00. The summed E-state index contributed by atoms with van der Waals surface area (Å²) in [5.74, 6) is 1.01. The Hall–Kier alpha value is -0.0800. The van der Waals surface area contributed by atoms with Gasteiger partial charge in [-0.2, -0.15) is 0 Å². The van der Waals surface area contributed by atoms with E-state index >= 15 is 0 Å². The lowest BCUT2D eigenvalue weighted by molar-refractivity contribution is -0.108. The van der Waals surface area contributed by atoms with Gasteiger partial charge in [-0.1, -0.05) is 0 Å². The zero-order valence-electron chi connectivity index (χ0n) is 7.46. The van der Waals surface area contributed by atoms with Crippen LogP contribution >= 0.6 is 0 Å². The Bertz CT molecular complexity index is 150. The van der Waals surface area contributed by atoms with E-state index in [0.29, 0.717) is 6.04 Å². The minimum absolute atomic E-state index is 0.379. The molecule has 0 aromatic heterocycles. The van der Waals surface area contributed by atoms with Crippen LogP contribution < -0.4 is 5.73 Å². The van der Waals surface area contributed by atoms with E-state index in [-0.39, 0.29) is 0 Å². The van der Waals surface area contributed by atoms with Crippen LogP contribution in [-0.2, 0) is 0 Å². The Morgan fingerprint density at radius 1 is 1.55 bits per heavy atom. The number of rotatable bonds is 2. The monoisotopic (exact) mass is 154 g/mol. The Morgan fingerprint density at radius 3 is 2.64 bits per heavy atom. The number of hydrogen-bond donors (Lipinski definition) is 1. The third-order valence-corrected chi connectivity index (χ3v) is 3.44. The van der Waals surface area contributed by atoms with E-state index in [1.807, 2.05) is 0 Å². The summed E-state index contributed by atoms with van der Waals surface area (Å²) < 4.78 is 0. The summed E-state index contributed by atoms with van der Waals surface area (Å²) in [5, 5.41) is 0. The van der Waals surface area contributed by atoms with Crippen LogP contribution in [0.25, 0.3) is 0 Å². The van der Waals surface area contributed by atoms with E-state index < -0.39 is 0 Å². The molecule has 2 nitrogen and oxygen atoms in total. The number of fused-ring (bicyclic) bond motifs is 1. The van der Waals surface area contributed by atoms with Gasteiger partial charge in [0.1, 0.15) is 0 Å². The van der Waals surface area contributed by atoms with Gasteiger partial charge in [0, 0.05) is 18.1 Å². The van der Waals surface area contributed by atoms with Crippen LogP contribution in [0, 0.1) is 5.92 Å². The second-order valence-electron chi connectivity index (χ2n) is 4.25. The van der Waals surface area contributed by atoms with Crippen molar-refractivity contribution in [1.29, 1.82) is 0 Å². The van der Waals surface area contributed by atoms with Crippen LogP contribution in [0.2, 0.25) is 0 Å². The summed E-state index contributed by atoms with van der Waals surface area (Å²) in [6.07, 6.45) is 4.07. The summed E-state index contributed by atoms with van der Waals surface area (Å²) in [5.41, 5.74) is 5.77. The van der Waals surface area contributed by atoms with Crippen molar-refractivity contribution in [2.45, 2.75) is 44.3 Å². The average Bonchev–Trinajstić information content (AvgIpc) is 1.83. The minimum atomic E-state index is 0.379. The van der Waals surface area contributed by atoms with E-state index in [2.05, 4.69) is 18.9 Å². The SMILES string of the molecule is CC(N)CC1C2CCC2N1C. The lowest BCUT2D eigenvalue weighted by Gasteiger charge is -2.61. The molecule has 0 aromatic carbocycles. The highest BCUT2D eigenvalue weighted by Gasteiger charge is 2.51. The van der Waals surface area contributed by atoms with Gasteiger partial charge in [-0.05, 0) is 39.2 Å². The normalized spacial score (nSPS) is 45.5. The van der Waals surface area contributed by atoms with Gasteiger partial charge < -0.3 is 5.73 Å².